The number of aliphatic hydroxyl groups is 1. The Morgan fingerprint density at radius 1 is 1.38 bits per heavy atom. The minimum Gasteiger partial charge on any atom is -0.497 e. The van der Waals surface area contributed by atoms with Crippen LogP contribution in [0.15, 0.2) is 35.3 Å². The maximum absolute atomic E-state index is 10.0. The van der Waals surface area contributed by atoms with E-state index in [2.05, 4.69) is 35.3 Å². The molecule has 0 spiro atoms. The monoisotopic (exact) mass is 357 g/mol. The van der Waals surface area contributed by atoms with Crippen LogP contribution in [0.1, 0.15) is 38.2 Å². The Hall–Kier alpha value is -2.01. The third kappa shape index (κ3) is 4.58. The van der Waals surface area contributed by atoms with Crippen molar-refractivity contribution in [2.75, 3.05) is 33.3 Å². The SMILES string of the molecule is CCNC(=NCC1CCCC1O)N1CC=C(c2cccc(OC)c2)CC1. The van der Waals surface area contributed by atoms with Crippen LogP contribution in [0.25, 0.3) is 5.57 Å². The van der Waals surface area contributed by atoms with Gasteiger partial charge < -0.3 is 20.1 Å². The summed E-state index contributed by atoms with van der Waals surface area (Å²) in [5, 5.41) is 13.4. The molecule has 2 aliphatic rings. The zero-order chi connectivity index (χ0) is 18.4. The lowest BCUT2D eigenvalue weighted by atomic mass is 9.99. The Morgan fingerprint density at radius 3 is 2.92 bits per heavy atom. The summed E-state index contributed by atoms with van der Waals surface area (Å²) in [5.41, 5.74) is 2.60. The number of aliphatic hydroxyl groups excluding tert-OH is 1. The van der Waals surface area contributed by atoms with E-state index in [9.17, 15) is 5.11 Å². The van der Waals surface area contributed by atoms with Crippen LogP contribution in [0.4, 0.5) is 0 Å². The highest BCUT2D eigenvalue weighted by atomic mass is 16.5. The van der Waals surface area contributed by atoms with E-state index in [-0.39, 0.29) is 6.10 Å². The molecular formula is C21H31N3O2. The number of guanidine groups is 1. The number of hydrogen-bond acceptors (Lipinski definition) is 3. The normalized spacial score (nSPS) is 23.7. The molecule has 1 aliphatic carbocycles. The average Bonchev–Trinajstić information content (AvgIpc) is 3.10. The van der Waals surface area contributed by atoms with Gasteiger partial charge in [-0.15, -0.1) is 0 Å². The maximum Gasteiger partial charge on any atom is 0.194 e. The van der Waals surface area contributed by atoms with Crippen LogP contribution in [0.3, 0.4) is 0 Å². The van der Waals surface area contributed by atoms with Crippen molar-refractivity contribution in [3.63, 3.8) is 0 Å². The summed E-state index contributed by atoms with van der Waals surface area (Å²) in [6.45, 7) is 5.47. The van der Waals surface area contributed by atoms with Crippen LogP contribution >= 0.6 is 0 Å². The first kappa shape index (κ1) is 18.8. The number of benzene rings is 1. The molecule has 2 N–H and O–H groups in total. The van der Waals surface area contributed by atoms with Gasteiger partial charge in [-0.25, -0.2) is 0 Å². The van der Waals surface area contributed by atoms with Crippen molar-refractivity contribution < 1.29 is 9.84 Å². The highest BCUT2D eigenvalue weighted by molar-refractivity contribution is 5.81. The minimum absolute atomic E-state index is 0.178. The molecular weight excluding hydrogens is 326 g/mol. The highest BCUT2D eigenvalue weighted by Crippen LogP contribution is 2.27. The molecule has 1 fully saturated rings. The number of ether oxygens (including phenoxy) is 1. The van der Waals surface area contributed by atoms with Crippen molar-refractivity contribution in [3.8, 4) is 5.75 Å². The molecule has 142 valence electrons. The Bertz CT molecular complexity index is 656. The molecule has 0 bridgehead atoms. The molecule has 5 nitrogen and oxygen atoms in total. The second kappa shape index (κ2) is 9.08. The predicted octanol–water partition coefficient (Wildman–Crippen LogP) is 2.91. The summed E-state index contributed by atoms with van der Waals surface area (Å²) in [6.07, 6.45) is 6.23. The molecule has 0 aromatic heterocycles. The largest absolute Gasteiger partial charge is 0.497 e. The van der Waals surface area contributed by atoms with Crippen molar-refractivity contribution in [3.05, 3.63) is 35.9 Å². The first-order valence-electron chi connectivity index (χ1n) is 9.76. The standard InChI is InChI=1S/C21H31N3O2/c1-3-22-21(23-15-18-7-5-9-20(18)25)24-12-10-16(11-13-24)17-6-4-8-19(14-17)26-2/h4,6,8,10,14,18,20,25H,3,5,7,9,11-13,15H2,1-2H3,(H,22,23). The second-order valence-electron chi connectivity index (χ2n) is 7.11. The van der Waals surface area contributed by atoms with Gasteiger partial charge in [0.2, 0.25) is 0 Å². The van der Waals surface area contributed by atoms with Crippen molar-refractivity contribution in [1.29, 1.82) is 0 Å². The molecule has 0 saturated heterocycles. The van der Waals surface area contributed by atoms with Crippen LogP contribution in [0.5, 0.6) is 5.75 Å². The molecule has 5 heteroatoms. The van der Waals surface area contributed by atoms with Crippen molar-refractivity contribution in [1.82, 2.24) is 10.2 Å². The summed E-state index contributed by atoms with van der Waals surface area (Å²) >= 11 is 0. The fourth-order valence-corrected chi connectivity index (χ4v) is 3.81. The quantitative estimate of drug-likeness (QED) is 0.628. The van der Waals surface area contributed by atoms with Crippen LogP contribution in [0, 0.1) is 5.92 Å². The van der Waals surface area contributed by atoms with Crippen LogP contribution < -0.4 is 10.1 Å². The topological polar surface area (TPSA) is 57.1 Å². The van der Waals surface area contributed by atoms with Crippen molar-refractivity contribution in [2.24, 2.45) is 10.9 Å². The number of nitrogens with one attached hydrogen (secondary N) is 1. The van der Waals surface area contributed by atoms with Gasteiger partial charge in [0, 0.05) is 32.1 Å². The summed E-state index contributed by atoms with van der Waals surface area (Å²) < 4.78 is 5.34. The van der Waals surface area contributed by atoms with E-state index in [0.717, 1.165) is 57.0 Å². The first-order chi connectivity index (χ1) is 12.7. The van der Waals surface area contributed by atoms with Gasteiger partial charge in [0.1, 0.15) is 5.75 Å². The van der Waals surface area contributed by atoms with Crippen LogP contribution in [-0.4, -0.2) is 55.4 Å². The number of nitrogens with zero attached hydrogens (tertiary/aromatic N) is 2. The molecule has 0 radical (unpaired) electrons. The average molecular weight is 357 g/mol. The molecule has 1 aromatic rings. The maximum atomic E-state index is 10.0. The smallest absolute Gasteiger partial charge is 0.194 e. The lowest BCUT2D eigenvalue weighted by Gasteiger charge is -2.30. The van der Waals surface area contributed by atoms with Gasteiger partial charge in [0.25, 0.3) is 0 Å². The second-order valence-corrected chi connectivity index (χ2v) is 7.11. The molecule has 3 rings (SSSR count). The zero-order valence-electron chi connectivity index (χ0n) is 15.9. The van der Waals surface area contributed by atoms with Crippen LogP contribution in [-0.2, 0) is 0 Å². The number of rotatable bonds is 5. The molecule has 1 aliphatic heterocycles. The van der Waals surface area contributed by atoms with E-state index < -0.39 is 0 Å². The molecule has 1 aromatic carbocycles. The van der Waals surface area contributed by atoms with E-state index in [4.69, 9.17) is 9.73 Å². The first-order valence-corrected chi connectivity index (χ1v) is 9.76. The molecule has 2 atom stereocenters. The van der Waals surface area contributed by atoms with Gasteiger partial charge in [0.05, 0.1) is 13.2 Å². The molecule has 1 saturated carbocycles. The number of hydrogen-bond donors (Lipinski definition) is 2. The molecule has 2 unspecified atom stereocenters. The zero-order valence-corrected chi connectivity index (χ0v) is 15.9. The summed E-state index contributed by atoms with van der Waals surface area (Å²) in [4.78, 5) is 7.12. The number of aliphatic imine (C=N–C) groups is 1. The fourth-order valence-electron chi connectivity index (χ4n) is 3.81. The van der Waals surface area contributed by atoms with Gasteiger partial charge >= 0.3 is 0 Å². The van der Waals surface area contributed by atoms with Crippen molar-refractivity contribution >= 4 is 11.5 Å². The molecule has 0 amide bonds. The molecule has 1 heterocycles. The van der Waals surface area contributed by atoms with Gasteiger partial charge in [-0.3, -0.25) is 4.99 Å². The van der Waals surface area contributed by atoms with Gasteiger partial charge in [-0.05, 0) is 49.5 Å². The lowest BCUT2D eigenvalue weighted by Crippen LogP contribution is -2.43. The Kier molecular flexibility index (Phi) is 6.56. The molecule has 26 heavy (non-hydrogen) atoms. The van der Waals surface area contributed by atoms with E-state index in [1.807, 2.05) is 12.1 Å². The van der Waals surface area contributed by atoms with Crippen LogP contribution in [0.2, 0.25) is 0 Å². The summed E-state index contributed by atoms with van der Waals surface area (Å²) in [7, 11) is 1.70. The highest BCUT2D eigenvalue weighted by Gasteiger charge is 2.25. The van der Waals surface area contributed by atoms with E-state index in [1.54, 1.807) is 7.11 Å². The lowest BCUT2D eigenvalue weighted by molar-refractivity contribution is 0.136. The van der Waals surface area contributed by atoms with Gasteiger partial charge in [-0.2, -0.15) is 0 Å². The van der Waals surface area contributed by atoms with E-state index >= 15 is 0 Å². The Labute approximate surface area is 156 Å². The van der Waals surface area contributed by atoms with E-state index in [1.165, 1.54) is 11.1 Å². The Balaban J connectivity index is 1.65. The summed E-state index contributed by atoms with van der Waals surface area (Å²) in [6, 6.07) is 8.26. The fraction of sp³-hybridized carbons (Fsp3) is 0.571. The van der Waals surface area contributed by atoms with Gasteiger partial charge in [-0.1, -0.05) is 24.6 Å². The van der Waals surface area contributed by atoms with Gasteiger partial charge in [0.15, 0.2) is 5.96 Å². The predicted molar refractivity (Wildman–Crippen MR) is 106 cm³/mol. The Morgan fingerprint density at radius 2 is 2.27 bits per heavy atom. The summed E-state index contributed by atoms with van der Waals surface area (Å²) in [5.74, 6) is 2.18. The van der Waals surface area contributed by atoms with E-state index in [0.29, 0.717) is 12.5 Å². The minimum atomic E-state index is -0.178. The third-order valence-electron chi connectivity index (χ3n) is 5.38. The third-order valence-corrected chi connectivity index (χ3v) is 5.38. The van der Waals surface area contributed by atoms with Crippen molar-refractivity contribution in [2.45, 2.75) is 38.7 Å². The number of methoxy groups -OCH3 is 1.